The summed E-state index contributed by atoms with van der Waals surface area (Å²) in [5.74, 6) is -0.255. The van der Waals surface area contributed by atoms with E-state index in [9.17, 15) is 9.59 Å². The number of halogens is 1. The zero-order valence-corrected chi connectivity index (χ0v) is 18.1. The smallest absolute Gasteiger partial charge is 0.271 e. The molecule has 0 saturated heterocycles. The maximum absolute atomic E-state index is 12.8. The SMILES string of the molecule is CC(C)CNC(=O)c1c(NC(=O)c2cccc(Cn3cc(Br)cn3)c2)cnn1C. The molecule has 0 spiro atoms. The monoisotopic (exact) mass is 458 g/mol. The quantitative estimate of drug-likeness (QED) is 0.568. The van der Waals surface area contributed by atoms with Crippen LogP contribution < -0.4 is 10.6 Å². The summed E-state index contributed by atoms with van der Waals surface area (Å²) >= 11 is 3.37. The summed E-state index contributed by atoms with van der Waals surface area (Å²) in [6.07, 6.45) is 5.06. The number of carbonyl (C=O) groups excluding carboxylic acids is 2. The van der Waals surface area contributed by atoms with Crippen molar-refractivity contribution in [2.24, 2.45) is 13.0 Å². The maximum atomic E-state index is 12.8. The van der Waals surface area contributed by atoms with Gasteiger partial charge in [0.2, 0.25) is 0 Å². The third-order valence-corrected chi connectivity index (χ3v) is 4.62. The van der Waals surface area contributed by atoms with Gasteiger partial charge < -0.3 is 10.6 Å². The lowest BCUT2D eigenvalue weighted by Crippen LogP contribution is -2.30. The van der Waals surface area contributed by atoms with Crippen molar-refractivity contribution in [3.8, 4) is 0 Å². The molecule has 0 atom stereocenters. The minimum absolute atomic E-state index is 0.271. The van der Waals surface area contributed by atoms with E-state index in [1.165, 1.54) is 10.9 Å². The molecule has 0 unspecified atom stereocenters. The van der Waals surface area contributed by atoms with Gasteiger partial charge in [-0.1, -0.05) is 26.0 Å². The molecule has 29 heavy (non-hydrogen) atoms. The molecule has 2 N–H and O–H groups in total. The second-order valence-electron chi connectivity index (χ2n) is 7.14. The van der Waals surface area contributed by atoms with Crippen LogP contribution in [0.25, 0.3) is 0 Å². The third kappa shape index (κ3) is 5.32. The summed E-state index contributed by atoms with van der Waals surface area (Å²) in [6.45, 7) is 5.12. The molecule has 0 bridgehead atoms. The van der Waals surface area contributed by atoms with Crippen LogP contribution in [-0.2, 0) is 13.6 Å². The van der Waals surface area contributed by atoms with E-state index in [-0.39, 0.29) is 11.8 Å². The molecule has 8 nitrogen and oxygen atoms in total. The highest BCUT2D eigenvalue weighted by atomic mass is 79.9. The molecule has 9 heteroatoms. The Labute approximate surface area is 177 Å². The van der Waals surface area contributed by atoms with Crippen molar-refractivity contribution in [3.05, 3.63) is 64.1 Å². The first-order chi connectivity index (χ1) is 13.8. The highest BCUT2D eigenvalue weighted by Crippen LogP contribution is 2.17. The lowest BCUT2D eigenvalue weighted by Gasteiger charge is -2.11. The van der Waals surface area contributed by atoms with Crippen LogP contribution in [0.5, 0.6) is 0 Å². The summed E-state index contributed by atoms with van der Waals surface area (Å²) in [5.41, 5.74) is 2.12. The van der Waals surface area contributed by atoms with E-state index in [0.717, 1.165) is 10.0 Å². The van der Waals surface area contributed by atoms with Crippen molar-refractivity contribution in [1.82, 2.24) is 24.9 Å². The van der Waals surface area contributed by atoms with Crippen LogP contribution in [0.4, 0.5) is 5.69 Å². The standard InChI is InChI=1S/C20H23BrN6O2/c1-13(2)8-22-20(29)18-17(10-23-26(18)3)25-19(28)15-6-4-5-14(7-15)11-27-12-16(21)9-24-27/h4-7,9-10,12-13H,8,11H2,1-3H3,(H,22,29)(H,25,28). The summed E-state index contributed by atoms with van der Waals surface area (Å²) in [5, 5.41) is 14.0. The molecule has 0 radical (unpaired) electrons. The summed E-state index contributed by atoms with van der Waals surface area (Å²) in [4.78, 5) is 25.3. The Hall–Kier alpha value is -2.94. The molecule has 2 aromatic heterocycles. The van der Waals surface area contributed by atoms with E-state index in [4.69, 9.17) is 0 Å². The molecule has 2 heterocycles. The average Bonchev–Trinajstić information content (AvgIpc) is 3.25. The highest BCUT2D eigenvalue weighted by Gasteiger charge is 2.19. The third-order valence-electron chi connectivity index (χ3n) is 4.21. The van der Waals surface area contributed by atoms with E-state index < -0.39 is 0 Å². The summed E-state index contributed by atoms with van der Waals surface area (Å²) in [7, 11) is 1.67. The fourth-order valence-corrected chi connectivity index (χ4v) is 3.12. The van der Waals surface area contributed by atoms with Gasteiger partial charge in [-0.05, 0) is 39.5 Å². The number of hydrogen-bond donors (Lipinski definition) is 2. The second-order valence-corrected chi connectivity index (χ2v) is 8.06. The molecule has 0 saturated carbocycles. The van der Waals surface area contributed by atoms with Crippen LogP contribution in [-0.4, -0.2) is 37.9 Å². The predicted octanol–water partition coefficient (Wildman–Crippen LogP) is 3.07. The summed E-state index contributed by atoms with van der Waals surface area (Å²) < 4.78 is 4.13. The van der Waals surface area contributed by atoms with Gasteiger partial charge in [-0.2, -0.15) is 10.2 Å². The van der Waals surface area contributed by atoms with E-state index in [1.54, 1.807) is 30.1 Å². The first kappa shape index (κ1) is 20.8. The molecule has 0 aliphatic carbocycles. The van der Waals surface area contributed by atoms with Crippen LogP contribution in [0.2, 0.25) is 0 Å². The Morgan fingerprint density at radius 2 is 1.97 bits per heavy atom. The number of aromatic nitrogens is 4. The van der Waals surface area contributed by atoms with Crippen molar-refractivity contribution >= 4 is 33.4 Å². The van der Waals surface area contributed by atoms with Crippen molar-refractivity contribution in [3.63, 3.8) is 0 Å². The fourth-order valence-electron chi connectivity index (χ4n) is 2.80. The fraction of sp³-hybridized carbons (Fsp3) is 0.300. The van der Waals surface area contributed by atoms with E-state index in [1.807, 2.05) is 32.2 Å². The van der Waals surface area contributed by atoms with Gasteiger partial charge in [0.25, 0.3) is 11.8 Å². The number of anilines is 1. The highest BCUT2D eigenvalue weighted by molar-refractivity contribution is 9.10. The first-order valence-corrected chi connectivity index (χ1v) is 10.0. The van der Waals surface area contributed by atoms with Crippen molar-refractivity contribution < 1.29 is 9.59 Å². The average molecular weight is 459 g/mol. The topological polar surface area (TPSA) is 93.8 Å². The molecule has 1 aromatic carbocycles. The van der Waals surface area contributed by atoms with Gasteiger partial charge in [-0.3, -0.25) is 19.0 Å². The van der Waals surface area contributed by atoms with Crippen LogP contribution in [0.1, 0.15) is 40.3 Å². The number of carbonyl (C=O) groups is 2. The number of nitrogens with one attached hydrogen (secondary N) is 2. The van der Waals surface area contributed by atoms with Gasteiger partial charge in [-0.25, -0.2) is 0 Å². The number of benzene rings is 1. The largest absolute Gasteiger partial charge is 0.350 e. The number of rotatable bonds is 7. The van der Waals surface area contributed by atoms with E-state index in [2.05, 4.69) is 36.8 Å². The van der Waals surface area contributed by atoms with E-state index >= 15 is 0 Å². The Morgan fingerprint density at radius 1 is 1.17 bits per heavy atom. The van der Waals surface area contributed by atoms with Gasteiger partial charge in [0, 0.05) is 25.4 Å². The number of amides is 2. The Balaban J connectivity index is 1.74. The zero-order chi connectivity index (χ0) is 21.0. The van der Waals surface area contributed by atoms with Gasteiger partial charge in [0.15, 0.2) is 0 Å². The first-order valence-electron chi connectivity index (χ1n) is 9.22. The van der Waals surface area contributed by atoms with E-state index in [0.29, 0.717) is 36.0 Å². The molecule has 152 valence electrons. The van der Waals surface area contributed by atoms with Gasteiger partial charge in [0.05, 0.1) is 29.1 Å². The molecule has 3 aromatic rings. The normalized spacial score (nSPS) is 10.9. The molecule has 0 aliphatic rings. The molecule has 2 amide bonds. The molecular formula is C20H23BrN6O2. The Morgan fingerprint density at radius 3 is 2.66 bits per heavy atom. The Kier molecular flexibility index (Phi) is 6.48. The maximum Gasteiger partial charge on any atom is 0.271 e. The molecular weight excluding hydrogens is 436 g/mol. The van der Waals surface area contributed by atoms with Crippen LogP contribution >= 0.6 is 15.9 Å². The minimum Gasteiger partial charge on any atom is -0.350 e. The van der Waals surface area contributed by atoms with Crippen molar-refractivity contribution in [2.75, 3.05) is 11.9 Å². The summed E-state index contributed by atoms with van der Waals surface area (Å²) in [6, 6.07) is 7.29. The lowest BCUT2D eigenvalue weighted by molar-refractivity contribution is 0.0940. The Bertz CT molecular complexity index is 1020. The van der Waals surface area contributed by atoms with Gasteiger partial charge in [-0.15, -0.1) is 0 Å². The molecule has 3 rings (SSSR count). The van der Waals surface area contributed by atoms with Crippen molar-refractivity contribution in [1.29, 1.82) is 0 Å². The molecule has 0 fully saturated rings. The molecule has 0 aliphatic heterocycles. The minimum atomic E-state index is -0.306. The van der Waals surface area contributed by atoms with Crippen LogP contribution in [0.3, 0.4) is 0 Å². The lowest BCUT2D eigenvalue weighted by atomic mass is 10.1. The second kappa shape index (κ2) is 9.04. The number of hydrogen-bond acceptors (Lipinski definition) is 4. The van der Waals surface area contributed by atoms with Crippen molar-refractivity contribution in [2.45, 2.75) is 20.4 Å². The predicted molar refractivity (Wildman–Crippen MR) is 114 cm³/mol. The van der Waals surface area contributed by atoms with Crippen LogP contribution in [0, 0.1) is 5.92 Å². The van der Waals surface area contributed by atoms with Gasteiger partial charge in [0.1, 0.15) is 5.69 Å². The van der Waals surface area contributed by atoms with Gasteiger partial charge >= 0.3 is 0 Å². The zero-order valence-electron chi connectivity index (χ0n) is 16.5. The number of nitrogens with zero attached hydrogens (tertiary/aromatic N) is 4. The van der Waals surface area contributed by atoms with Crippen LogP contribution in [0.15, 0.2) is 47.3 Å². The number of aryl methyl sites for hydroxylation is 1.